The second kappa shape index (κ2) is 6.17. The Morgan fingerprint density at radius 3 is 2.37 bits per heavy atom. The fraction of sp³-hybridized carbons (Fsp3) is 0.429. The monoisotopic (exact) mass is 278 g/mol. The van der Waals surface area contributed by atoms with Crippen molar-refractivity contribution in [3.05, 3.63) is 46.9 Å². The van der Waals surface area contributed by atoms with E-state index in [4.69, 9.17) is 0 Å². The lowest BCUT2D eigenvalue weighted by atomic mass is 9.83. The number of halogens is 5. The molecule has 0 amide bonds. The van der Waals surface area contributed by atoms with Crippen molar-refractivity contribution in [3.8, 4) is 0 Å². The van der Waals surface area contributed by atoms with E-state index in [-0.39, 0.29) is 23.1 Å². The van der Waals surface area contributed by atoms with Crippen LogP contribution in [0.5, 0.6) is 0 Å². The summed E-state index contributed by atoms with van der Waals surface area (Å²) in [6.07, 6.45) is -2.86. The normalized spacial score (nSPS) is 21.5. The fourth-order valence-corrected chi connectivity index (χ4v) is 2.20. The lowest BCUT2D eigenvalue weighted by Gasteiger charge is -2.24. The Labute approximate surface area is 109 Å². The minimum atomic E-state index is -2.80. The van der Waals surface area contributed by atoms with Gasteiger partial charge in [0.05, 0.1) is 0 Å². The van der Waals surface area contributed by atoms with Crippen molar-refractivity contribution in [2.45, 2.75) is 33.1 Å². The first-order valence-corrected chi connectivity index (χ1v) is 5.87. The second-order valence-electron chi connectivity index (χ2n) is 4.42. The summed E-state index contributed by atoms with van der Waals surface area (Å²) in [7, 11) is 0. The van der Waals surface area contributed by atoms with E-state index in [2.05, 4.69) is 6.58 Å². The standard InChI is InChI=1S/C14H15F5/c1-4-9(14(18)19)12(7(2)3)10-5-8(15)6-11(16)13(10)17/h6,10,14H,2,4-5H2,1,3H3/b12-9-. The number of hydrogen-bond donors (Lipinski definition) is 0. The van der Waals surface area contributed by atoms with E-state index in [0.717, 1.165) is 0 Å². The van der Waals surface area contributed by atoms with E-state index in [1.165, 1.54) is 13.8 Å². The Morgan fingerprint density at radius 1 is 1.37 bits per heavy atom. The van der Waals surface area contributed by atoms with Crippen molar-refractivity contribution in [3.63, 3.8) is 0 Å². The van der Waals surface area contributed by atoms with Gasteiger partial charge in [0.2, 0.25) is 0 Å². The first-order chi connectivity index (χ1) is 8.79. The zero-order valence-corrected chi connectivity index (χ0v) is 10.7. The minimum Gasteiger partial charge on any atom is -0.212 e. The van der Waals surface area contributed by atoms with Gasteiger partial charge >= 0.3 is 0 Å². The molecule has 0 nitrogen and oxygen atoms in total. The fourth-order valence-electron chi connectivity index (χ4n) is 2.20. The number of alkyl halides is 2. The Bertz CT molecular complexity index is 468. The Balaban J connectivity index is 3.38. The lowest BCUT2D eigenvalue weighted by Crippen LogP contribution is -2.15. The average Bonchev–Trinajstić information content (AvgIpc) is 2.30. The summed E-state index contributed by atoms with van der Waals surface area (Å²) in [6, 6.07) is 0. The van der Waals surface area contributed by atoms with Gasteiger partial charge in [-0.3, -0.25) is 0 Å². The highest BCUT2D eigenvalue weighted by Crippen LogP contribution is 2.41. The van der Waals surface area contributed by atoms with Crippen molar-refractivity contribution in [1.29, 1.82) is 0 Å². The molecule has 1 atom stereocenters. The minimum absolute atomic E-state index is 0.0312. The summed E-state index contributed by atoms with van der Waals surface area (Å²) in [5.41, 5.74) is -0.219. The Morgan fingerprint density at radius 2 is 1.95 bits per heavy atom. The first kappa shape index (κ1) is 15.7. The van der Waals surface area contributed by atoms with Gasteiger partial charge in [-0.15, -0.1) is 0 Å². The third-order valence-corrected chi connectivity index (χ3v) is 3.02. The molecular weight excluding hydrogens is 263 g/mol. The Kier molecular flexibility index (Phi) is 5.09. The topological polar surface area (TPSA) is 0 Å². The van der Waals surface area contributed by atoms with Crippen LogP contribution in [0.2, 0.25) is 0 Å². The molecule has 0 bridgehead atoms. The van der Waals surface area contributed by atoms with E-state index in [1.807, 2.05) is 0 Å². The summed E-state index contributed by atoms with van der Waals surface area (Å²) in [5.74, 6) is -4.79. The van der Waals surface area contributed by atoms with Crippen molar-refractivity contribution >= 4 is 0 Å². The summed E-state index contributed by atoms with van der Waals surface area (Å²) < 4.78 is 66.1. The van der Waals surface area contributed by atoms with Gasteiger partial charge in [0.1, 0.15) is 11.7 Å². The van der Waals surface area contributed by atoms with E-state index in [0.29, 0.717) is 6.08 Å². The first-order valence-electron chi connectivity index (χ1n) is 5.87. The highest BCUT2D eigenvalue weighted by Gasteiger charge is 2.31. The van der Waals surface area contributed by atoms with Gasteiger partial charge in [0.15, 0.2) is 5.83 Å². The molecule has 0 heterocycles. The summed E-state index contributed by atoms with van der Waals surface area (Å²) in [4.78, 5) is 0. The Hall–Kier alpha value is -1.39. The molecule has 5 heteroatoms. The van der Waals surface area contributed by atoms with Crippen molar-refractivity contribution in [2.24, 2.45) is 5.92 Å². The maximum atomic E-state index is 13.8. The molecule has 0 aliphatic heterocycles. The molecule has 0 spiro atoms. The molecule has 19 heavy (non-hydrogen) atoms. The van der Waals surface area contributed by atoms with Crippen LogP contribution in [0, 0.1) is 5.92 Å². The van der Waals surface area contributed by atoms with Crippen LogP contribution >= 0.6 is 0 Å². The van der Waals surface area contributed by atoms with Crippen LogP contribution < -0.4 is 0 Å². The van der Waals surface area contributed by atoms with Crippen molar-refractivity contribution in [2.75, 3.05) is 0 Å². The van der Waals surface area contributed by atoms with Crippen LogP contribution in [-0.2, 0) is 0 Å². The van der Waals surface area contributed by atoms with Crippen molar-refractivity contribution < 1.29 is 22.0 Å². The molecule has 1 aliphatic carbocycles. The zero-order chi connectivity index (χ0) is 14.7. The van der Waals surface area contributed by atoms with Gasteiger partial charge in [0, 0.05) is 18.4 Å². The molecule has 1 unspecified atom stereocenters. The second-order valence-corrected chi connectivity index (χ2v) is 4.42. The SMILES string of the molecule is C=C(C)/C(=C(\CC)C(F)F)C1CC(F)=CC(F)=C1F. The smallest absolute Gasteiger partial charge is 0.212 e. The molecule has 1 aliphatic rings. The van der Waals surface area contributed by atoms with E-state index in [9.17, 15) is 22.0 Å². The number of allylic oxidation sites excluding steroid dienone is 7. The summed E-state index contributed by atoms with van der Waals surface area (Å²) in [6.45, 7) is 6.43. The predicted octanol–water partition coefficient (Wildman–Crippen LogP) is 5.56. The van der Waals surface area contributed by atoms with Gasteiger partial charge < -0.3 is 0 Å². The molecule has 0 fully saturated rings. The number of rotatable bonds is 4. The van der Waals surface area contributed by atoms with Crippen LogP contribution in [0.15, 0.2) is 46.9 Å². The van der Waals surface area contributed by atoms with Crippen LogP contribution in [0.25, 0.3) is 0 Å². The molecule has 0 N–H and O–H groups in total. The predicted molar refractivity (Wildman–Crippen MR) is 64.7 cm³/mol. The number of hydrogen-bond acceptors (Lipinski definition) is 0. The van der Waals surface area contributed by atoms with Gasteiger partial charge in [0.25, 0.3) is 6.43 Å². The van der Waals surface area contributed by atoms with Crippen LogP contribution in [0.3, 0.4) is 0 Å². The van der Waals surface area contributed by atoms with Crippen molar-refractivity contribution in [1.82, 2.24) is 0 Å². The molecule has 0 aromatic heterocycles. The molecule has 0 saturated carbocycles. The van der Waals surface area contributed by atoms with Crippen LogP contribution in [0.4, 0.5) is 22.0 Å². The third-order valence-electron chi connectivity index (χ3n) is 3.02. The highest BCUT2D eigenvalue weighted by atomic mass is 19.3. The average molecular weight is 278 g/mol. The molecule has 0 aromatic rings. The van der Waals surface area contributed by atoms with Gasteiger partial charge in [-0.25, -0.2) is 22.0 Å². The molecule has 1 rings (SSSR count). The maximum absolute atomic E-state index is 13.8. The van der Waals surface area contributed by atoms with Gasteiger partial charge in [-0.1, -0.05) is 19.1 Å². The third kappa shape index (κ3) is 3.33. The van der Waals surface area contributed by atoms with Crippen LogP contribution in [0.1, 0.15) is 26.7 Å². The van der Waals surface area contributed by atoms with E-state index >= 15 is 0 Å². The molecule has 0 aromatic carbocycles. The van der Waals surface area contributed by atoms with E-state index < -0.39 is 36.2 Å². The molecular formula is C14H15F5. The largest absolute Gasteiger partial charge is 0.260 e. The maximum Gasteiger partial charge on any atom is 0.260 e. The molecule has 0 saturated heterocycles. The zero-order valence-electron chi connectivity index (χ0n) is 10.7. The molecule has 106 valence electrons. The van der Waals surface area contributed by atoms with E-state index in [1.54, 1.807) is 0 Å². The highest BCUT2D eigenvalue weighted by molar-refractivity contribution is 5.42. The summed E-state index contributed by atoms with van der Waals surface area (Å²) in [5, 5.41) is 0. The summed E-state index contributed by atoms with van der Waals surface area (Å²) >= 11 is 0. The van der Waals surface area contributed by atoms with Gasteiger partial charge in [-0.2, -0.15) is 0 Å². The van der Waals surface area contributed by atoms with Gasteiger partial charge in [-0.05, 0) is 24.5 Å². The lowest BCUT2D eigenvalue weighted by molar-refractivity contribution is 0.183. The quantitative estimate of drug-likeness (QED) is 0.466. The van der Waals surface area contributed by atoms with Crippen LogP contribution in [-0.4, -0.2) is 6.43 Å². The molecule has 0 radical (unpaired) electrons.